The monoisotopic (exact) mass is 297 g/mol. The predicted octanol–water partition coefficient (Wildman–Crippen LogP) is 1.43. The van der Waals surface area contributed by atoms with Gasteiger partial charge in [0.05, 0.1) is 5.56 Å². The number of carbonyl (C=O) groups is 1. The first kappa shape index (κ1) is 14.4. The fraction of sp³-hybridized carbons (Fsp3) is 0.438. The zero-order chi connectivity index (χ0) is 15.7. The molecule has 6 nitrogen and oxygen atoms in total. The second kappa shape index (κ2) is 5.68. The van der Waals surface area contributed by atoms with E-state index in [1.807, 2.05) is 19.4 Å². The summed E-state index contributed by atoms with van der Waals surface area (Å²) in [4.78, 5) is 18.7. The minimum atomic E-state index is -0.0436. The van der Waals surface area contributed by atoms with Crippen LogP contribution >= 0.6 is 0 Å². The summed E-state index contributed by atoms with van der Waals surface area (Å²) < 4.78 is 3.89. The van der Waals surface area contributed by atoms with E-state index in [4.69, 9.17) is 5.26 Å². The molecule has 0 radical (unpaired) electrons. The Kier molecular flexibility index (Phi) is 3.72. The first-order valence-corrected chi connectivity index (χ1v) is 7.40. The Morgan fingerprint density at radius 2 is 2.41 bits per heavy atom. The SMILES string of the molecule is CN(C[C@H]1CCn2ccnc2C1)C(=O)c1cc(C#N)cn1C. The number of imidazole rings is 1. The number of fused-ring (bicyclic) bond motifs is 1. The van der Waals surface area contributed by atoms with Crippen molar-refractivity contribution in [1.29, 1.82) is 5.26 Å². The number of nitriles is 1. The van der Waals surface area contributed by atoms with Gasteiger partial charge in [-0.05, 0) is 18.4 Å². The van der Waals surface area contributed by atoms with E-state index in [9.17, 15) is 4.79 Å². The molecule has 0 saturated carbocycles. The molecule has 22 heavy (non-hydrogen) atoms. The molecule has 2 aromatic rings. The second-order valence-electron chi connectivity index (χ2n) is 5.92. The van der Waals surface area contributed by atoms with Crippen LogP contribution in [0, 0.1) is 17.2 Å². The Balaban J connectivity index is 1.67. The quantitative estimate of drug-likeness (QED) is 0.860. The van der Waals surface area contributed by atoms with Crippen molar-refractivity contribution in [3.63, 3.8) is 0 Å². The maximum Gasteiger partial charge on any atom is 0.270 e. The maximum absolute atomic E-state index is 12.5. The lowest BCUT2D eigenvalue weighted by Gasteiger charge is -2.27. The van der Waals surface area contributed by atoms with Crippen LogP contribution in [0.15, 0.2) is 24.7 Å². The third-order valence-electron chi connectivity index (χ3n) is 4.28. The molecule has 0 bridgehead atoms. The first-order valence-electron chi connectivity index (χ1n) is 7.40. The zero-order valence-corrected chi connectivity index (χ0v) is 12.9. The number of aromatic nitrogens is 3. The van der Waals surface area contributed by atoms with Gasteiger partial charge < -0.3 is 14.0 Å². The lowest BCUT2D eigenvalue weighted by molar-refractivity contribution is 0.0754. The fourth-order valence-corrected chi connectivity index (χ4v) is 3.08. The molecule has 0 unspecified atom stereocenters. The van der Waals surface area contributed by atoms with E-state index >= 15 is 0 Å². The first-order chi connectivity index (χ1) is 10.6. The van der Waals surface area contributed by atoms with Gasteiger partial charge in [0.1, 0.15) is 17.6 Å². The average molecular weight is 297 g/mol. The zero-order valence-electron chi connectivity index (χ0n) is 12.9. The molecule has 0 N–H and O–H groups in total. The molecular formula is C16H19N5O. The van der Waals surface area contributed by atoms with Gasteiger partial charge in [-0.15, -0.1) is 0 Å². The third-order valence-corrected chi connectivity index (χ3v) is 4.28. The van der Waals surface area contributed by atoms with Gasteiger partial charge in [-0.2, -0.15) is 5.26 Å². The Bertz CT molecular complexity index is 736. The van der Waals surface area contributed by atoms with Gasteiger partial charge >= 0.3 is 0 Å². The molecule has 0 aromatic carbocycles. The number of aryl methyl sites for hydroxylation is 2. The van der Waals surface area contributed by atoms with Crippen LogP contribution in [0.5, 0.6) is 0 Å². The van der Waals surface area contributed by atoms with Crippen LogP contribution in [0.25, 0.3) is 0 Å². The Labute approximate surface area is 129 Å². The molecule has 3 heterocycles. The van der Waals surface area contributed by atoms with Crippen molar-refractivity contribution in [2.75, 3.05) is 13.6 Å². The molecule has 3 rings (SSSR count). The predicted molar refractivity (Wildman–Crippen MR) is 81.1 cm³/mol. The molecule has 1 amide bonds. The van der Waals surface area contributed by atoms with Crippen molar-refractivity contribution in [1.82, 2.24) is 19.0 Å². The number of carbonyl (C=O) groups excluding carboxylic acids is 1. The number of hydrogen-bond donors (Lipinski definition) is 0. The van der Waals surface area contributed by atoms with Gasteiger partial charge in [0.15, 0.2) is 0 Å². The van der Waals surface area contributed by atoms with E-state index in [0.717, 1.165) is 25.2 Å². The highest BCUT2D eigenvalue weighted by Gasteiger charge is 2.23. The Hall–Kier alpha value is -2.55. The second-order valence-corrected chi connectivity index (χ2v) is 5.92. The molecule has 6 heteroatoms. The molecule has 0 fully saturated rings. The van der Waals surface area contributed by atoms with E-state index in [2.05, 4.69) is 15.6 Å². The minimum absolute atomic E-state index is 0.0436. The van der Waals surface area contributed by atoms with Crippen LogP contribution in [-0.4, -0.2) is 38.5 Å². The van der Waals surface area contributed by atoms with Gasteiger partial charge in [-0.25, -0.2) is 4.98 Å². The van der Waals surface area contributed by atoms with Crippen molar-refractivity contribution in [2.45, 2.75) is 19.4 Å². The summed E-state index contributed by atoms with van der Waals surface area (Å²) in [5, 5.41) is 8.93. The topological polar surface area (TPSA) is 66.8 Å². The van der Waals surface area contributed by atoms with Crippen molar-refractivity contribution >= 4 is 5.91 Å². The number of amides is 1. The third kappa shape index (κ3) is 2.62. The lowest BCUT2D eigenvalue weighted by atomic mass is 9.97. The van der Waals surface area contributed by atoms with E-state index in [0.29, 0.717) is 23.7 Å². The highest BCUT2D eigenvalue weighted by molar-refractivity contribution is 5.93. The summed E-state index contributed by atoms with van der Waals surface area (Å²) in [6.45, 7) is 1.67. The van der Waals surface area contributed by atoms with Gasteiger partial charge in [0.2, 0.25) is 0 Å². The Morgan fingerprint density at radius 1 is 1.59 bits per heavy atom. The minimum Gasteiger partial charge on any atom is -0.345 e. The standard InChI is InChI=1S/C16H19N5O/c1-19-11-13(9-17)7-14(19)16(22)20(2)10-12-3-5-21-6-4-18-15(21)8-12/h4,6-7,11-12H,3,5,8,10H2,1-2H3/t12-/m0/s1. The van der Waals surface area contributed by atoms with Gasteiger partial charge in [0.25, 0.3) is 5.91 Å². The van der Waals surface area contributed by atoms with Crippen molar-refractivity contribution in [2.24, 2.45) is 13.0 Å². The highest BCUT2D eigenvalue weighted by atomic mass is 16.2. The number of hydrogen-bond acceptors (Lipinski definition) is 3. The van der Waals surface area contributed by atoms with Crippen molar-refractivity contribution in [3.8, 4) is 6.07 Å². The van der Waals surface area contributed by atoms with Crippen LogP contribution < -0.4 is 0 Å². The highest BCUT2D eigenvalue weighted by Crippen LogP contribution is 2.20. The molecule has 1 aliphatic rings. The van der Waals surface area contributed by atoms with Gasteiger partial charge in [-0.1, -0.05) is 0 Å². The van der Waals surface area contributed by atoms with Crippen LogP contribution in [0.4, 0.5) is 0 Å². The average Bonchev–Trinajstić information content (AvgIpc) is 3.12. The summed E-state index contributed by atoms with van der Waals surface area (Å²) >= 11 is 0. The summed E-state index contributed by atoms with van der Waals surface area (Å²) in [5.41, 5.74) is 1.07. The lowest BCUT2D eigenvalue weighted by Crippen LogP contribution is -2.35. The van der Waals surface area contributed by atoms with Gasteiger partial charge in [-0.3, -0.25) is 4.79 Å². The molecule has 1 aliphatic heterocycles. The molecule has 0 aliphatic carbocycles. The molecular weight excluding hydrogens is 278 g/mol. The molecule has 0 saturated heterocycles. The molecule has 0 spiro atoms. The van der Waals surface area contributed by atoms with Crippen molar-refractivity contribution in [3.05, 3.63) is 41.7 Å². The van der Waals surface area contributed by atoms with Crippen LogP contribution in [0.1, 0.15) is 28.3 Å². The van der Waals surface area contributed by atoms with Gasteiger partial charge in [0, 0.05) is 52.2 Å². The molecule has 2 aromatic heterocycles. The van der Waals surface area contributed by atoms with E-state index in [1.54, 1.807) is 28.8 Å². The normalized spacial score (nSPS) is 16.9. The van der Waals surface area contributed by atoms with E-state index in [1.165, 1.54) is 0 Å². The van der Waals surface area contributed by atoms with Crippen LogP contribution in [-0.2, 0) is 20.0 Å². The van der Waals surface area contributed by atoms with Crippen LogP contribution in [0.2, 0.25) is 0 Å². The van der Waals surface area contributed by atoms with Crippen LogP contribution in [0.3, 0.4) is 0 Å². The summed E-state index contributed by atoms with van der Waals surface area (Å²) in [6.07, 6.45) is 7.48. The number of nitrogens with zero attached hydrogens (tertiary/aromatic N) is 5. The smallest absolute Gasteiger partial charge is 0.270 e. The number of rotatable bonds is 3. The summed E-state index contributed by atoms with van der Waals surface area (Å²) in [7, 11) is 3.61. The van der Waals surface area contributed by atoms with Crippen molar-refractivity contribution < 1.29 is 4.79 Å². The van der Waals surface area contributed by atoms with E-state index in [-0.39, 0.29) is 5.91 Å². The molecule has 114 valence electrons. The Morgan fingerprint density at radius 3 is 3.14 bits per heavy atom. The fourth-order valence-electron chi connectivity index (χ4n) is 3.08. The largest absolute Gasteiger partial charge is 0.345 e. The maximum atomic E-state index is 12.5. The molecule has 1 atom stereocenters. The summed E-state index contributed by atoms with van der Waals surface area (Å²) in [5.74, 6) is 1.49. The summed E-state index contributed by atoms with van der Waals surface area (Å²) in [6, 6.07) is 3.71. The van der Waals surface area contributed by atoms with E-state index < -0.39 is 0 Å².